The Kier molecular flexibility index (Phi) is 6.38. The van der Waals surface area contributed by atoms with Gasteiger partial charge in [0.25, 0.3) is 0 Å². The second kappa shape index (κ2) is 8.95. The number of hydrogen-bond acceptors (Lipinski definition) is 5. The summed E-state index contributed by atoms with van der Waals surface area (Å²) >= 11 is 7.21. The van der Waals surface area contributed by atoms with E-state index in [1.165, 1.54) is 11.8 Å². The minimum atomic E-state index is -0.245. The summed E-state index contributed by atoms with van der Waals surface area (Å²) in [6.45, 7) is 6.15. The minimum Gasteiger partial charge on any atom is -0.506 e. The van der Waals surface area contributed by atoms with E-state index in [0.717, 1.165) is 11.1 Å². The molecule has 1 aromatic heterocycles. The number of anilines is 1. The van der Waals surface area contributed by atoms with Gasteiger partial charge in [0.05, 0.1) is 11.4 Å². The third-order valence-electron chi connectivity index (χ3n) is 3.89. The van der Waals surface area contributed by atoms with Gasteiger partial charge in [-0.3, -0.25) is 9.36 Å². The molecule has 0 aliphatic rings. The van der Waals surface area contributed by atoms with E-state index in [-0.39, 0.29) is 17.4 Å². The number of aromatic hydroxyl groups is 1. The summed E-state index contributed by atoms with van der Waals surface area (Å²) in [6, 6.07) is 12.4. The van der Waals surface area contributed by atoms with Crippen molar-refractivity contribution in [3.8, 4) is 17.1 Å². The van der Waals surface area contributed by atoms with Crippen molar-refractivity contribution in [2.24, 2.45) is 0 Å². The number of nitrogens with one attached hydrogen (secondary N) is 1. The summed E-state index contributed by atoms with van der Waals surface area (Å²) in [6.07, 6.45) is 1.75. The van der Waals surface area contributed by atoms with Gasteiger partial charge in [-0.2, -0.15) is 0 Å². The van der Waals surface area contributed by atoms with Gasteiger partial charge >= 0.3 is 0 Å². The van der Waals surface area contributed by atoms with Crippen LogP contribution in [0, 0.1) is 6.92 Å². The predicted molar refractivity (Wildman–Crippen MR) is 113 cm³/mol. The molecule has 0 fully saturated rings. The second-order valence-electron chi connectivity index (χ2n) is 6.07. The second-order valence-corrected chi connectivity index (χ2v) is 7.45. The third kappa shape index (κ3) is 4.74. The van der Waals surface area contributed by atoms with E-state index in [9.17, 15) is 9.90 Å². The maximum atomic E-state index is 12.3. The Morgan fingerprint density at radius 2 is 2.04 bits per heavy atom. The average molecular weight is 415 g/mol. The van der Waals surface area contributed by atoms with E-state index in [1.807, 2.05) is 29.7 Å². The number of nitrogens with zero attached hydrogens (tertiary/aromatic N) is 3. The van der Waals surface area contributed by atoms with Gasteiger partial charge in [0.2, 0.25) is 5.91 Å². The lowest BCUT2D eigenvalue weighted by Crippen LogP contribution is -2.14. The lowest BCUT2D eigenvalue weighted by Gasteiger charge is -2.09. The van der Waals surface area contributed by atoms with Gasteiger partial charge in [-0.25, -0.2) is 0 Å². The average Bonchev–Trinajstić information content (AvgIpc) is 3.06. The molecule has 8 heteroatoms. The summed E-state index contributed by atoms with van der Waals surface area (Å²) in [5, 5.41) is 22.3. The number of aryl methyl sites for hydroxylation is 1. The molecule has 0 aliphatic heterocycles. The Morgan fingerprint density at radius 1 is 1.29 bits per heavy atom. The number of aromatic nitrogens is 3. The molecule has 6 nitrogen and oxygen atoms in total. The number of amides is 1. The molecule has 1 amide bonds. The molecule has 28 heavy (non-hydrogen) atoms. The Labute approximate surface area is 172 Å². The molecule has 2 aromatic carbocycles. The van der Waals surface area contributed by atoms with E-state index in [4.69, 9.17) is 11.6 Å². The van der Waals surface area contributed by atoms with Crippen molar-refractivity contribution in [1.82, 2.24) is 14.8 Å². The SMILES string of the molecule is C=CCn1c(SCC(=O)Nc2ccc(C)cc2O)nnc1-c1ccc(Cl)cc1. The summed E-state index contributed by atoms with van der Waals surface area (Å²) in [5.41, 5.74) is 2.17. The van der Waals surface area contributed by atoms with Crippen molar-refractivity contribution in [2.75, 3.05) is 11.1 Å². The van der Waals surface area contributed by atoms with Gasteiger partial charge in [-0.1, -0.05) is 35.5 Å². The normalized spacial score (nSPS) is 10.6. The van der Waals surface area contributed by atoms with Crippen LogP contribution in [0.1, 0.15) is 5.56 Å². The van der Waals surface area contributed by atoms with Crippen LogP contribution in [0.5, 0.6) is 5.75 Å². The zero-order chi connectivity index (χ0) is 20.1. The fourth-order valence-electron chi connectivity index (χ4n) is 2.57. The van der Waals surface area contributed by atoms with Gasteiger partial charge < -0.3 is 10.4 Å². The number of carbonyl (C=O) groups is 1. The van der Waals surface area contributed by atoms with E-state index < -0.39 is 0 Å². The summed E-state index contributed by atoms with van der Waals surface area (Å²) in [5.74, 6) is 0.600. The highest BCUT2D eigenvalue weighted by atomic mass is 35.5. The largest absolute Gasteiger partial charge is 0.506 e. The topological polar surface area (TPSA) is 80.0 Å². The van der Waals surface area contributed by atoms with Crippen molar-refractivity contribution in [3.05, 3.63) is 65.7 Å². The number of phenolic OH excluding ortho intramolecular Hbond substituents is 1. The molecule has 0 radical (unpaired) electrons. The number of hydrogen-bond donors (Lipinski definition) is 2. The first kappa shape index (κ1) is 20.0. The molecule has 3 aromatic rings. The highest BCUT2D eigenvalue weighted by Crippen LogP contribution is 2.27. The first-order valence-electron chi connectivity index (χ1n) is 8.50. The molecule has 0 bridgehead atoms. The van der Waals surface area contributed by atoms with Crippen molar-refractivity contribution < 1.29 is 9.90 Å². The van der Waals surface area contributed by atoms with Crippen LogP contribution in [0.15, 0.2) is 60.3 Å². The molecule has 3 rings (SSSR count). The molecular formula is C20H19ClN4O2S. The molecule has 0 saturated heterocycles. The molecule has 2 N–H and O–H groups in total. The number of halogens is 1. The Bertz CT molecular complexity index is 1000. The van der Waals surface area contributed by atoms with E-state index in [1.54, 1.807) is 30.3 Å². The van der Waals surface area contributed by atoms with E-state index >= 15 is 0 Å². The van der Waals surface area contributed by atoms with E-state index in [0.29, 0.717) is 28.2 Å². The lowest BCUT2D eigenvalue weighted by atomic mass is 10.2. The van der Waals surface area contributed by atoms with Crippen molar-refractivity contribution >= 4 is 35.0 Å². The molecule has 0 aliphatic carbocycles. The first-order valence-corrected chi connectivity index (χ1v) is 9.86. The smallest absolute Gasteiger partial charge is 0.234 e. The zero-order valence-corrected chi connectivity index (χ0v) is 16.8. The number of rotatable bonds is 7. The molecule has 144 valence electrons. The van der Waals surface area contributed by atoms with Crippen molar-refractivity contribution in [1.29, 1.82) is 0 Å². The first-order chi connectivity index (χ1) is 13.5. The quantitative estimate of drug-likeness (QED) is 0.337. The number of benzene rings is 2. The molecule has 1 heterocycles. The Balaban J connectivity index is 1.72. The number of thioether (sulfide) groups is 1. The van der Waals surface area contributed by atoms with Crippen LogP contribution >= 0.6 is 23.4 Å². The van der Waals surface area contributed by atoms with Crippen LogP contribution in [0.2, 0.25) is 5.02 Å². The number of carbonyl (C=O) groups excluding carboxylic acids is 1. The number of phenols is 1. The highest BCUT2D eigenvalue weighted by molar-refractivity contribution is 7.99. The lowest BCUT2D eigenvalue weighted by molar-refractivity contribution is -0.113. The van der Waals surface area contributed by atoms with Crippen LogP contribution in [-0.4, -0.2) is 31.5 Å². The van der Waals surface area contributed by atoms with Crippen LogP contribution in [0.3, 0.4) is 0 Å². The van der Waals surface area contributed by atoms with Crippen LogP contribution in [0.4, 0.5) is 5.69 Å². The minimum absolute atomic E-state index is 0.0400. The van der Waals surface area contributed by atoms with Gasteiger partial charge in [0.1, 0.15) is 5.75 Å². The maximum absolute atomic E-state index is 12.3. The van der Waals surface area contributed by atoms with Gasteiger partial charge in [-0.15, -0.1) is 16.8 Å². The zero-order valence-electron chi connectivity index (χ0n) is 15.2. The summed E-state index contributed by atoms with van der Waals surface area (Å²) < 4.78 is 1.89. The highest BCUT2D eigenvalue weighted by Gasteiger charge is 2.15. The molecule has 0 atom stereocenters. The van der Waals surface area contributed by atoms with Gasteiger partial charge in [0, 0.05) is 17.1 Å². The van der Waals surface area contributed by atoms with Crippen LogP contribution < -0.4 is 5.32 Å². The monoisotopic (exact) mass is 414 g/mol. The summed E-state index contributed by atoms with van der Waals surface area (Å²) in [7, 11) is 0. The Hall–Kier alpha value is -2.77. The third-order valence-corrected chi connectivity index (χ3v) is 5.11. The van der Waals surface area contributed by atoms with E-state index in [2.05, 4.69) is 22.1 Å². The standard InChI is InChI=1S/C20H19ClN4O2S/c1-3-10-25-19(14-5-7-15(21)8-6-14)23-24-20(25)28-12-18(27)22-16-9-4-13(2)11-17(16)26/h3-9,11,26H,1,10,12H2,2H3,(H,22,27). The van der Waals surface area contributed by atoms with Crippen molar-refractivity contribution in [3.63, 3.8) is 0 Å². The molecule has 0 saturated carbocycles. The molecular weight excluding hydrogens is 396 g/mol. The van der Waals surface area contributed by atoms with Crippen LogP contribution in [0.25, 0.3) is 11.4 Å². The maximum Gasteiger partial charge on any atom is 0.234 e. The molecule has 0 unspecified atom stereocenters. The fourth-order valence-corrected chi connectivity index (χ4v) is 3.44. The van der Waals surface area contributed by atoms with Crippen molar-refractivity contribution in [2.45, 2.75) is 18.6 Å². The van der Waals surface area contributed by atoms with Gasteiger partial charge in [-0.05, 0) is 48.9 Å². The van der Waals surface area contributed by atoms with Crippen LogP contribution in [-0.2, 0) is 11.3 Å². The summed E-state index contributed by atoms with van der Waals surface area (Å²) in [4.78, 5) is 12.3. The molecule has 0 spiro atoms. The van der Waals surface area contributed by atoms with Gasteiger partial charge in [0.15, 0.2) is 11.0 Å². The Morgan fingerprint density at radius 3 is 2.71 bits per heavy atom. The predicted octanol–water partition coefficient (Wildman–Crippen LogP) is 4.53. The number of allylic oxidation sites excluding steroid dienone is 1. The fraction of sp³-hybridized carbons (Fsp3) is 0.150.